The van der Waals surface area contributed by atoms with Gasteiger partial charge in [-0.05, 0) is 24.5 Å². The van der Waals surface area contributed by atoms with Crippen LogP contribution in [0.25, 0.3) is 10.9 Å². The van der Waals surface area contributed by atoms with Crippen molar-refractivity contribution in [1.29, 1.82) is 0 Å². The van der Waals surface area contributed by atoms with Crippen LogP contribution >= 0.6 is 0 Å². The number of fused-ring (bicyclic) bond motifs is 1. The van der Waals surface area contributed by atoms with Crippen LogP contribution in [0.1, 0.15) is 11.1 Å². The lowest BCUT2D eigenvalue weighted by Crippen LogP contribution is -2.26. The normalized spacial score (nSPS) is 11.1. The van der Waals surface area contributed by atoms with E-state index in [4.69, 9.17) is 0 Å². The molecule has 2 nitrogen and oxygen atoms in total. The fourth-order valence-corrected chi connectivity index (χ4v) is 2.47. The molecule has 0 saturated carbocycles. The number of H-pyrrole nitrogens is 1. The molecule has 0 amide bonds. The third-order valence-electron chi connectivity index (χ3n) is 3.48. The number of para-hydroxylation sites is 1. The quantitative estimate of drug-likeness (QED) is 0.747. The number of hydrogen-bond donors (Lipinski definition) is 1. The molecule has 2 aromatic rings. The summed E-state index contributed by atoms with van der Waals surface area (Å²) < 4.78 is 0. The molecule has 0 aliphatic heterocycles. The number of nitrogens with zero attached hydrogens (tertiary/aromatic N) is 1. The predicted molar refractivity (Wildman–Crippen MR) is 83.6 cm³/mol. The molecule has 0 saturated heterocycles. The lowest BCUT2D eigenvalue weighted by Gasteiger charge is -2.18. The van der Waals surface area contributed by atoms with E-state index in [1.54, 1.807) is 0 Å². The van der Waals surface area contributed by atoms with Crippen LogP contribution in [0, 0.1) is 6.92 Å². The van der Waals surface area contributed by atoms with Gasteiger partial charge in [-0.3, -0.25) is 4.90 Å². The molecule has 19 heavy (non-hydrogen) atoms. The van der Waals surface area contributed by atoms with Crippen molar-refractivity contribution in [2.24, 2.45) is 0 Å². The topological polar surface area (TPSA) is 19.0 Å². The molecule has 0 spiro atoms. The lowest BCUT2D eigenvalue weighted by molar-refractivity contribution is 0.340. The van der Waals surface area contributed by atoms with E-state index in [1.165, 1.54) is 22.0 Å². The van der Waals surface area contributed by atoms with Crippen LogP contribution in [0.3, 0.4) is 0 Å². The van der Waals surface area contributed by atoms with E-state index < -0.39 is 0 Å². The summed E-state index contributed by atoms with van der Waals surface area (Å²) in [5, 5.41) is 1.34. The van der Waals surface area contributed by atoms with E-state index in [0.29, 0.717) is 0 Å². The van der Waals surface area contributed by atoms with Gasteiger partial charge in [-0.1, -0.05) is 30.4 Å². The SMILES string of the molecule is C=CCN(CC=C)CCc1c[nH]c2c(C)cccc12. The summed E-state index contributed by atoms with van der Waals surface area (Å²) >= 11 is 0. The van der Waals surface area contributed by atoms with Crippen LogP contribution in [0.15, 0.2) is 49.7 Å². The van der Waals surface area contributed by atoms with E-state index in [0.717, 1.165) is 26.1 Å². The Hall–Kier alpha value is -1.80. The highest BCUT2D eigenvalue weighted by Crippen LogP contribution is 2.21. The number of aromatic nitrogens is 1. The highest BCUT2D eigenvalue weighted by Gasteiger charge is 2.07. The summed E-state index contributed by atoms with van der Waals surface area (Å²) in [6.45, 7) is 12.6. The Morgan fingerprint density at radius 3 is 2.63 bits per heavy atom. The summed E-state index contributed by atoms with van der Waals surface area (Å²) in [5.74, 6) is 0. The smallest absolute Gasteiger partial charge is 0.0486 e. The maximum atomic E-state index is 3.81. The highest BCUT2D eigenvalue weighted by atomic mass is 15.1. The summed E-state index contributed by atoms with van der Waals surface area (Å²) in [4.78, 5) is 5.73. The molecule has 0 radical (unpaired) electrons. The van der Waals surface area contributed by atoms with Gasteiger partial charge in [0.05, 0.1) is 0 Å². The molecule has 2 heteroatoms. The second kappa shape index (κ2) is 6.39. The van der Waals surface area contributed by atoms with Crippen molar-refractivity contribution in [3.63, 3.8) is 0 Å². The summed E-state index contributed by atoms with van der Waals surface area (Å²) in [6.07, 6.45) is 7.08. The van der Waals surface area contributed by atoms with Crippen molar-refractivity contribution in [2.75, 3.05) is 19.6 Å². The Bertz CT molecular complexity index is 556. The standard InChI is InChI=1S/C17H22N2/c1-4-10-19(11-5-2)12-9-15-13-18-17-14(3)7-6-8-16(15)17/h4-8,13,18H,1-2,9-12H2,3H3. The molecular formula is C17H22N2. The Morgan fingerprint density at radius 1 is 1.21 bits per heavy atom. The number of aromatic amines is 1. The van der Waals surface area contributed by atoms with Crippen molar-refractivity contribution in [3.8, 4) is 0 Å². The molecule has 2 rings (SSSR count). The molecule has 0 fully saturated rings. The van der Waals surface area contributed by atoms with E-state index in [1.807, 2.05) is 12.2 Å². The highest BCUT2D eigenvalue weighted by molar-refractivity contribution is 5.85. The third kappa shape index (κ3) is 3.15. The van der Waals surface area contributed by atoms with Gasteiger partial charge in [0.15, 0.2) is 0 Å². The summed E-state index contributed by atoms with van der Waals surface area (Å²) in [7, 11) is 0. The van der Waals surface area contributed by atoms with E-state index in [2.05, 4.69) is 54.4 Å². The monoisotopic (exact) mass is 254 g/mol. The van der Waals surface area contributed by atoms with Crippen LogP contribution in [-0.4, -0.2) is 29.5 Å². The number of rotatable bonds is 7. The molecule has 0 aliphatic rings. The first-order chi connectivity index (χ1) is 9.26. The Morgan fingerprint density at radius 2 is 1.95 bits per heavy atom. The zero-order valence-corrected chi connectivity index (χ0v) is 11.7. The second-order valence-corrected chi connectivity index (χ2v) is 4.90. The fourth-order valence-electron chi connectivity index (χ4n) is 2.47. The fraction of sp³-hybridized carbons (Fsp3) is 0.294. The lowest BCUT2D eigenvalue weighted by atomic mass is 10.1. The van der Waals surface area contributed by atoms with Crippen molar-refractivity contribution in [2.45, 2.75) is 13.3 Å². The van der Waals surface area contributed by atoms with Crippen LogP contribution < -0.4 is 0 Å². The minimum atomic E-state index is 0.910. The van der Waals surface area contributed by atoms with E-state index in [9.17, 15) is 0 Å². The van der Waals surface area contributed by atoms with Crippen molar-refractivity contribution in [1.82, 2.24) is 9.88 Å². The molecule has 0 bridgehead atoms. The first-order valence-electron chi connectivity index (χ1n) is 6.76. The van der Waals surface area contributed by atoms with Gasteiger partial charge < -0.3 is 4.98 Å². The number of nitrogens with one attached hydrogen (secondary N) is 1. The number of aryl methyl sites for hydroxylation is 1. The van der Waals surface area contributed by atoms with E-state index in [-0.39, 0.29) is 0 Å². The van der Waals surface area contributed by atoms with E-state index >= 15 is 0 Å². The van der Waals surface area contributed by atoms with Gasteiger partial charge >= 0.3 is 0 Å². The Labute approximate surface area is 115 Å². The first kappa shape index (κ1) is 13.6. The second-order valence-electron chi connectivity index (χ2n) is 4.90. The van der Waals surface area contributed by atoms with Gasteiger partial charge in [-0.25, -0.2) is 0 Å². The zero-order chi connectivity index (χ0) is 13.7. The van der Waals surface area contributed by atoms with Crippen LogP contribution in [-0.2, 0) is 6.42 Å². The van der Waals surface area contributed by atoms with Crippen molar-refractivity contribution >= 4 is 10.9 Å². The maximum Gasteiger partial charge on any atom is 0.0486 e. The molecule has 0 atom stereocenters. The molecule has 0 aliphatic carbocycles. The van der Waals surface area contributed by atoms with Gasteiger partial charge in [0.25, 0.3) is 0 Å². The molecule has 1 heterocycles. The molecular weight excluding hydrogens is 232 g/mol. The zero-order valence-electron chi connectivity index (χ0n) is 11.7. The van der Waals surface area contributed by atoms with Gasteiger partial charge in [-0.2, -0.15) is 0 Å². The number of hydrogen-bond acceptors (Lipinski definition) is 1. The maximum absolute atomic E-state index is 3.81. The molecule has 1 aromatic carbocycles. The summed E-state index contributed by atoms with van der Waals surface area (Å²) in [5.41, 5.74) is 3.95. The van der Waals surface area contributed by atoms with Gasteiger partial charge in [-0.15, -0.1) is 13.2 Å². The summed E-state index contributed by atoms with van der Waals surface area (Å²) in [6, 6.07) is 6.46. The Kier molecular flexibility index (Phi) is 4.58. The minimum Gasteiger partial charge on any atom is -0.361 e. The van der Waals surface area contributed by atoms with Crippen LogP contribution in [0.5, 0.6) is 0 Å². The largest absolute Gasteiger partial charge is 0.361 e. The van der Waals surface area contributed by atoms with Gasteiger partial charge in [0.1, 0.15) is 0 Å². The average Bonchev–Trinajstić information content (AvgIpc) is 2.81. The molecule has 0 unspecified atom stereocenters. The average molecular weight is 254 g/mol. The van der Waals surface area contributed by atoms with Crippen molar-refractivity contribution < 1.29 is 0 Å². The molecule has 1 aromatic heterocycles. The third-order valence-corrected chi connectivity index (χ3v) is 3.48. The first-order valence-corrected chi connectivity index (χ1v) is 6.76. The van der Waals surface area contributed by atoms with Crippen LogP contribution in [0.2, 0.25) is 0 Å². The van der Waals surface area contributed by atoms with Crippen LogP contribution in [0.4, 0.5) is 0 Å². The minimum absolute atomic E-state index is 0.910. The van der Waals surface area contributed by atoms with Gasteiger partial charge in [0, 0.05) is 36.7 Å². The van der Waals surface area contributed by atoms with Gasteiger partial charge in [0.2, 0.25) is 0 Å². The predicted octanol–water partition coefficient (Wildman–Crippen LogP) is 3.69. The Balaban J connectivity index is 2.10. The molecule has 100 valence electrons. The number of benzene rings is 1. The van der Waals surface area contributed by atoms with Crippen molar-refractivity contribution in [3.05, 3.63) is 60.8 Å². The molecule has 1 N–H and O–H groups in total.